The molecule has 1 aromatic heterocycles. The Kier molecular flexibility index (Phi) is 6.45. The van der Waals surface area contributed by atoms with Crippen molar-refractivity contribution in [1.29, 1.82) is 5.26 Å². The van der Waals surface area contributed by atoms with E-state index in [9.17, 15) is 26.7 Å². The molecule has 0 spiro atoms. The molecule has 12 heteroatoms. The van der Waals surface area contributed by atoms with Gasteiger partial charge in [0.1, 0.15) is 6.07 Å². The van der Waals surface area contributed by atoms with Crippen LogP contribution in [0.15, 0.2) is 53.7 Å². The van der Waals surface area contributed by atoms with Crippen molar-refractivity contribution in [3.8, 4) is 11.8 Å². The van der Waals surface area contributed by atoms with Crippen LogP contribution in [0, 0.1) is 11.3 Å². The number of halogens is 4. The summed E-state index contributed by atoms with van der Waals surface area (Å²) in [5.74, 6) is -0.799. The lowest BCUT2D eigenvalue weighted by Gasteiger charge is -2.15. The fourth-order valence-electron chi connectivity index (χ4n) is 2.80. The molecule has 0 aliphatic heterocycles. The third-order valence-corrected chi connectivity index (χ3v) is 5.21. The highest BCUT2D eigenvalue weighted by atomic mass is 35.5. The number of nitrogens with zero attached hydrogens (tertiary/aromatic N) is 3. The third-order valence-electron chi connectivity index (χ3n) is 4.15. The van der Waals surface area contributed by atoms with Crippen LogP contribution in [0.25, 0.3) is 5.69 Å². The number of anilines is 1. The highest BCUT2D eigenvalue weighted by molar-refractivity contribution is 7.79. The van der Waals surface area contributed by atoms with Crippen LogP contribution >= 0.6 is 11.6 Å². The molecule has 0 aliphatic rings. The van der Waals surface area contributed by atoms with Gasteiger partial charge in [-0.2, -0.15) is 23.5 Å². The maximum absolute atomic E-state index is 13.2. The van der Waals surface area contributed by atoms with E-state index in [1.54, 1.807) is 0 Å². The molecule has 1 atom stereocenters. The SMILES string of the molecule is N#Cc1cnn(-c2ccc(NC(=O)Cc3c(Cl)cccc3C(F)(F)F)cc2S(=O)O)c1. The topological polar surface area (TPSA) is 108 Å². The second-order valence-corrected chi connectivity index (χ2v) is 7.55. The number of hydrogen-bond acceptors (Lipinski definition) is 4. The number of hydrogen-bond donors (Lipinski definition) is 2. The number of carbonyl (C=O) groups is 1. The summed E-state index contributed by atoms with van der Waals surface area (Å²) in [5.41, 5.74) is -0.899. The van der Waals surface area contributed by atoms with E-state index in [0.29, 0.717) is 0 Å². The average molecular weight is 469 g/mol. The number of alkyl halides is 3. The molecular formula is C19H12ClF3N4O3S. The van der Waals surface area contributed by atoms with Crippen molar-refractivity contribution in [3.05, 3.63) is 70.5 Å². The number of rotatable bonds is 5. The van der Waals surface area contributed by atoms with Gasteiger partial charge in [-0.15, -0.1) is 0 Å². The molecule has 2 N–H and O–H groups in total. The van der Waals surface area contributed by atoms with Crippen LogP contribution in [0.3, 0.4) is 0 Å². The van der Waals surface area contributed by atoms with E-state index in [-0.39, 0.29) is 32.4 Å². The highest BCUT2D eigenvalue weighted by Crippen LogP contribution is 2.35. The van der Waals surface area contributed by atoms with Crippen molar-refractivity contribution in [1.82, 2.24) is 9.78 Å². The molecule has 0 bridgehead atoms. The van der Waals surface area contributed by atoms with Gasteiger partial charge in [0, 0.05) is 16.9 Å². The summed E-state index contributed by atoms with van der Waals surface area (Å²) in [6.07, 6.45) is -2.73. The Bertz CT molecular complexity index is 1220. The van der Waals surface area contributed by atoms with Crippen LogP contribution in [0.1, 0.15) is 16.7 Å². The van der Waals surface area contributed by atoms with Crippen molar-refractivity contribution in [3.63, 3.8) is 0 Å². The van der Waals surface area contributed by atoms with Crippen LogP contribution in [0.2, 0.25) is 5.02 Å². The van der Waals surface area contributed by atoms with Gasteiger partial charge in [0.2, 0.25) is 5.91 Å². The van der Waals surface area contributed by atoms with Gasteiger partial charge in [0.15, 0.2) is 11.1 Å². The minimum Gasteiger partial charge on any atom is -0.326 e. The smallest absolute Gasteiger partial charge is 0.326 e. The summed E-state index contributed by atoms with van der Waals surface area (Å²) in [5, 5.41) is 15.0. The van der Waals surface area contributed by atoms with E-state index in [2.05, 4.69) is 10.4 Å². The van der Waals surface area contributed by atoms with Crippen molar-refractivity contribution < 1.29 is 26.7 Å². The lowest BCUT2D eigenvalue weighted by Crippen LogP contribution is -2.18. The molecule has 0 fully saturated rings. The zero-order chi connectivity index (χ0) is 22.8. The Labute approximate surface area is 181 Å². The Balaban J connectivity index is 1.87. The van der Waals surface area contributed by atoms with Gasteiger partial charge in [-0.1, -0.05) is 17.7 Å². The first-order chi connectivity index (χ1) is 14.6. The highest BCUT2D eigenvalue weighted by Gasteiger charge is 2.34. The molecule has 7 nitrogen and oxygen atoms in total. The minimum atomic E-state index is -4.69. The molecule has 1 unspecified atom stereocenters. The van der Waals surface area contributed by atoms with Gasteiger partial charge < -0.3 is 9.87 Å². The number of nitriles is 1. The second kappa shape index (κ2) is 8.89. The Morgan fingerprint density at radius 2 is 2.06 bits per heavy atom. The number of nitrogens with one attached hydrogen (secondary N) is 1. The number of amides is 1. The van der Waals surface area contributed by atoms with E-state index in [4.69, 9.17) is 16.9 Å². The molecule has 31 heavy (non-hydrogen) atoms. The first kappa shape index (κ1) is 22.5. The van der Waals surface area contributed by atoms with Crippen molar-refractivity contribution in [2.45, 2.75) is 17.5 Å². The van der Waals surface area contributed by atoms with E-state index in [0.717, 1.165) is 12.1 Å². The first-order valence-electron chi connectivity index (χ1n) is 8.44. The summed E-state index contributed by atoms with van der Waals surface area (Å²) in [4.78, 5) is 12.2. The zero-order valence-corrected chi connectivity index (χ0v) is 16.9. The Hall–Kier alpha value is -3.20. The second-order valence-electron chi connectivity index (χ2n) is 6.21. The van der Waals surface area contributed by atoms with Gasteiger partial charge in [-0.25, -0.2) is 8.89 Å². The standard InChI is InChI=1S/C19H12ClF3N4O3S/c20-15-3-1-2-14(19(21,22)23)13(15)7-18(28)26-12-4-5-16(17(6-12)31(29)30)27-10-11(8-24)9-25-27/h1-6,9-10H,7H2,(H,26,28)(H,29,30). The maximum atomic E-state index is 13.2. The molecular weight excluding hydrogens is 457 g/mol. The number of benzene rings is 2. The fraction of sp³-hybridized carbons (Fsp3) is 0.105. The van der Waals surface area contributed by atoms with Crippen LogP contribution in [0.5, 0.6) is 0 Å². The van der Waals surface area contributed by atoms with Crippen molar-refractivity contribution >= 4 is 34.3 Å². The lowest BCUT2D eigenvalue weighted by atomic mass is 10.0. The van der Waals surface area contributed by atoms with Crippen LogP contribution in [0.4, 0.5) is 18.9 Å². The number of carbonyl (C=O) groups excluding carboxylic acids is 1. The Morgan fingerprint density at radius 3 is 2.68 bits per heavy atom. The molecule has 2 aromatic carbocycles. The van der Waals surface area contributed by atoms with Crippen molar-refractivity contribution in [2.75, 3.05) is 5.32 Å². The van der Waals surface area contributed by atoms with Crippen LogP contribution < -0.4 is 5.32 Å². The average Bonchev–Trinajstić information content (AvgIpc) is 3.17. The normalized spacial score (nSPS) is 12.3. The molecule has 1 amide bonds. The summed E-state index contributed by atoms with van der Waals surface area (Å²) in [7, 11) is 0. The minimum absolute atomic E-state index is 0.0828. The quantitative estimate of drug-likeness (QED) is 0.546. The Morgan fingerprint density at radius 1 is 1.32 bits per heavy atom. The monoisotopic (exact) mass is 468 g/mol. The summed E-state index contributed by atoms with van der Waals surface area (Å²) in [6.45, 7) is 0. The van der Waals surface area contributed by atoms with E-state index in [1.165, 1.54) is 41.3 Å². The molecule has 0 saturated carbocycles. The maximum Gasteiger partial charge on any atom is 0.416 e. The molecule has 3 rings (SSSR count). The van der Waals surface area contributed by atoms with Gasteiger partial charge >= 0.3 is 6.18 Å². The summed E-state index contributed by atoms with van der Waals surface area (Å²) in [6, 6.07) is 9.05. The summed E-state index contributed by atoms with van der Waals surface area (Å²) < 4.78 is 62.2. The van der Waals surface area contributed by atoms with E-state index in [1.807, 2.05) is 6.07 Å². The molecule has 160 valence electrons. The lowest BCUT2D eigenvalue weighted by molar-refractivity contribution is -0.138. The largest absolute Gasteiger partial charge is 0.416 e. The predicted molar refractivity (Wildman–Crippen MR) is 106 cm³/mol. The van der Waals surface area contributed by atoms with E-state index < -0.39 is 35.1 Å². The van der Waals surface area contributed by atoms with Crippen LogP contribution in [-0.2, 0) is 28.5 Å². The summed E-state index contributed by atoms with van der Waals surface area (Å²) >= 11 is 3.39. The van der Waals surface area contributed by atoms with Gasteiger partial charge in [-0.3, -0.25) is 4.79 Å². The molecule has 0 aliphatic carbocycles. The van der Waals surface area contributed by atoms with Gasteiger partial charge in [-0.05, 0) is 35.9 Å². The molecule has 3 aromatic rings. The van der Waals surface area contributed by atoms with Gasteiger partial charge in [0.05, 0.1) is 34.3 Å². The fourth-order valence-corrected chi connectivity index (χ4v) is 3.61. The molecule has 0 radical (unpaired) electrons. The van der Waals surface area contributed by atoms with Crippen molar-refractivity contribution in [2.24, 2.45) is 0 Å². The molecule has 1 heterocycles. The first-order valence-corrected chi connectivity index (χ1v) is 9.93. The van der Waals surface area contributed by atoms with E-state index >= 15 is 0 Å². The molecule has 0 saturated heterocycles. The zero-order valence-electron chi connectivity index (χ0n) is 15.4. The number of aromatic nitrogens is 2. The van der Waals surface area contributed by atoms with Crippen LogP contribution in [-0.4, -0.2) is 24.4 Å². The predicted octanol–water partition coefficient (Wildman–Crippen LogP) is 4.18. The third kappa shape index (κ3) is 5.11. The van der Waals surface area contributed by atoms with Gasteiger partial charge in [0.25, 0.3) is 0 Å².